The van der Waals surface area contributed by atoms with E-state index in [1.807, 2.05) is 4.90 Å². The molecule has 250 valence electrons. The zero-order chi connectivity index (χ0) is 31.0. The van der Waals surface area contributed by atoms with Crippen LogP contribution in [0.25, 0.3) is 0 Å². The molecule has 11 unspecified atom stereocenters. The van der Waals surface area contributed by atoms with Crippen LogP contribution in [0.2, 0.25) is 0 Å². The largest absolute Gasteiger partial charge is 0.375 e. The zero-order valence-corrected chi connectivity index (χ0v) is 26.8. The molecule has 0 aromatic carbocycles. The topological polar surface area (TPSA) is 93.4 Å². The van der Waals surface area contributed by atoms with E-state index in [0.29, 0.717) is 32.9 Å². The van der Waals surface area contributed by atoms with Crippen LogP contribution in [0.3, 0.4) is 0 Å². The summed E-state index contributed by atoms with van der Waals surface area (Å²) in [5.41, 5.74) is 0. The molecule has 5 aliphatic heterocycles. The Hall–Kier alpha value is -1.41. The Bertz CT molecular complexity index is 995. The van der Waals surface area contributed by atoms with E-state index in [1.54, 1.807) is 6.08 Å². The molecule has 6 rings (SSSR count). The third-order valence-corrected chi connectivity index (χ3v) is 11.2. The summed E-state index contributed by atoms with van der Waals surface area (Å²) in [6.45, 7) is 15.5. The lowest BCUT2D eigenvalue weighted by Crippen LogP contribution is -2.80. The molecule has 2 bridgehead atoms. The summed E-state index contributed by atoms with van der Waals surface area (Å²) in [5, 5.41) is 14.3. The van der Waals surface area contributed by atoms with Crippen molar-refractivity contribution in [3.63, 3.8) is 0 Å². The van der Waals surface area contributed by atoms with Gasteiger partial charge in [0.25, 0.3) is 0 Å². The Morgan fingerprint density at radius 3 is 2.73 bits per heavy atom. The zero-order valence-electron chi connectivity index (χ0n) is 26.8. The number of halogens is 2. The molecule has 1 saturated carbocycles. The fourth-order valence-corrected chi connectivity index (χ4v) is 9.24. The SMILES string of the molecule is C=CCOCN1CCN(C2NC(=O)N3C4NC(C(F)CC42)C2C(F)CCCC2NCCOC2CCNC(C(C)C)C23)[C@@H](C)C1. The van der Waals surface area contributed by atoms with Gasteiger partial charge in [-0.25, -0.2) is 13.6 Å². The molecule has 10 nitrogen and oxygen atoms in total. The van der Waals surface area contributed by atoms with Gasteiger partial charge in [0.15, 0.2) is 0 Å². The minimum Gasteiger partial charge on any atom is -0.375 e. The van der Waals surface area contributed by atoms with Gasteiger partial charge in [-0.3, -0.25) is 15.1 Å². The van der Waals surface area contributed by atoms with Crippen molar-refractivity contribution >= 4 is 6.03 Å². The Kier molecular flexibility index (Phi) is 10.5. The first-order chi connectivity index (χ1) is 21.3. The first-order valence-corrected chi connectivity index (χ1v) is 17.2. The van der Waals surface area contributed by atoms with E-state index in [-0.39, 0.29) is 60.7 Å². The van der Waals surface area contributed by atoms with Gasteiger partial charge in [-0.05, 0) is 51.5 Å². The average Bonchev–Trinajstić information content (AvgIpc) is 2.99. The van der Waals surface area contributed by atoms with Crippen LogP contribution in [-0.2, 0) is 9.47 Å². The highest BCUT2D eigenvalue weighted by Gasteiger charge is 2.57. The number of nitrogens with one attached hydrogen (secondary N) is 4. The predicted octanol–water partition coefficient (Wildman–Crippen LogP) is 2.03. The third-order valence-electron chi connectivity index (χ3n) is 11.2. The summed E-state index contributed by atoms with van der Waals surface area (Å²) in [4.78, 5) is 21.0. The molecule has 6 fully saturated rings. The lowest BCUT2D eigenvalue weighted by molar-refractivity contribution is -0.121. The summed E-state index contributed by atoms with van der Waals surface area (Å²) in [6.07, 6.45) is 1.65. The smallest absolute Gasteiger partial charge is 0.320 e. The third kappa shape index (κ3) is 6.41. The maximum Gasteiger partial charge on any atom is 0.320 e. The maximum absolute atomic E-state index is 16.5. The van der Waals surface area contributed by atoms with Crippen LogP contribution in [0.1, 0.15) is 52.9 Å². The fraction of sp³-hybridized carbons (Fsp3) is 0.906. The second-order valence-electron chi connectivity index (χ2n) is 14.3. The summed E-state index contributed by atoms with van der Waals surface area (Å²) in [6, 6.07) is -1.02. The molecule has 12 heteroatoms. The molecule has 5 saturated heterocycles. The second kappa shape index (κ2) is 14.1. The summed E-state index contributed by atoms with van der Waals surface area (Å²) in [5.74, 6) is -0.455. The fourth-order valence-electron chi connectivity index (χ4n) is 9.24. The van der Waals surface area contributed by atoms with Crippen LogP contribution in [0.4, 0.5) is 13.6 Å². The summed E-state index contributed by atoms with van der Waals surface area (Å²) >= 11 is 0. The Morgan fingerprint density at radius 2 is 1.95 bits per heavy atom. The number of hydrogen-bond donors (Lipinski definition) is 4. The number of fused-ring (bicyclic) bond motifs is 5. The number of piperazine rings is 1. The molecule has 0 aromatic heterocycles. The van der Waals surface area contributed by atoms with Gasteiger partial charge < -0.3 is 30.3 Å². The van der Waals surface area contributed by atoms with E-state index >= 15 is 8.78 Å². The highest BCUT2D eigenvalue weighted by molar-refractivity contribution is 5.76. The quantitative estimate of drug-likeness (QED) is 0.264. The molecule has 0 spiro atoms. The molecule has 5 heterocycles. The number of rotatable bonds is 6. The molecule has 1 aliphatic carbocycles. The van der Waals surface area contributed by atoms with Crippen LogP contribution in [-0.4, -0.2) is 134 Å². The first kappa shape index (κ1) is 32.5. The van der Waals surface area contributed by atoms with Gasteiger partial charge >= 0.3 is 6.03 Å². The van der Waals surface area contributed by atoms with E-state index < -0.39 is 30.5 Å². The lowest BCUT2D eigenvalue weighted by atomic mass is 9.72. The van der Waals surface area contributed by atoms with Gasteiger partial charge in [0.2, 0.25) is 0 Å². The number of alkyl halides is 2. The number of amides is 2. The van der Waals surface area contributed by atoms with Gasteiger partial charge in [-0.15, -0.1) is 6.58 Å². The number of ether oxygens (including phenoxy) is 2. The molecule has 12 atom stereocenters. The molecule has 44 heavy (non-hydrogen) atoms. The summed E-state index contributed by atoms with van der Waals surface area (Å²) < 4.78 is 44.6. The van der Waals surface area contributed by atoms with Crippen molar-refractivity contribution in [3.8, 4) is 0 Å². The van der Waals surface area contributed by atoms with Gasteiger partial charge in [-0.1, -0.05) is 19.9 Å². The van der Waals surface area contributed by atoms with E-state index in [1.165, 1.54) is 0 Å². The molecule has 0 radical (unpaired) electrons. The first-order valence-electron chi connectivity index (χ1n) is 17.2. The van der Waals surface area contributed by atoms with Gasteiger partial charge in [-0.2, -0.15) is 0 Å². The Morgan fingerprint density at radius 1 is 1.11 bits per heavy atom. The monoisotopic (exact) mass is 623 g/mol. The highest BCUT2D eigenvalue weighted by Crippen LogP contribution is 2.42. The maximum atomic E-state index is 16.5. The van der Waals surface area contributed by atoms with Crippen molar-refractivity contribution in [2.45, 2.75) is 114 Å². The standard InChI is InChI=1S/C32H55F2N7O3/c1-5-14-43-18-39-12-13-40(20(4)17-39)30-21-16-23(34)28-26-22(33)7-6-8-24(26)35-11-15-44-25-9-10-36-27(19(2)3)29(25)41(31(21)37-28)32(42)38-30/h5,19-31,35-37H,1,6-18H2,2-4H3,(H,38,42)/t20-,21?,22?,23?,24?,25?,26?,27?,28?,29?,30?,31?/m0/s1. The molecular formula is C32H55F2N7O3. The van der Waals surface area contributed by atoms with Gasteiger partial charge in [0.05, 0.1) is 44.4 Å². The van der Waals surface area contributed by atoms with Crippen LogP contribution < -0.4 is 21.3 Å². The molecule has 0 aromatic rings. The molecule has 2 amide bonds. The van der Waals surface area contributed by atoms with Crippen molar-refractivity contribution in [1.29, 1.82) is 0 Å². The van der Waals surface area contributed by atoms with Crippen LogP contribution in [0, 0.1) is 17.8 Å². The minimum atomic E-state index is -1.22. The number of carbonyl (C=O) groups is 1. The average molecular weight is 624 g/mol. The van der Waals surface area contributed by atoms with Crippen molar-refractivity contribution < 1.29 is 23.0 Å². The highest BCUT2D eigenvalue weighted by atomic mass is 19.1. The number of nitrogens with zero attached hydrogens (tertiary/aromatic N) is 3. The van der Waals surface area contributed by atoms with Crippen LogP contribution in [0.5, 0.6) is 0 Å². The van der Waals surface area contributed by atoms with E-state index in [2.05, 4.69) is 58.4 Å². The second-order valence-corrected chi connectivity index (χ2v) is 14.3. The van der Waals surface area contributed by atoms with Crippen LogP contribution in [0.15, 0.2) is 12.7 Å². The van der Waals surface area contributed by atoms with Crippen LogP contribution >= 0.6 is 0 Å². The predicted molar refractivity (Wildman–Crippen MR) is 165 cm³/mol. The Balaban J connectivity index is 1.33. The molecular weight excluding hydrogens is 568 g/mol. The van der Waals surface area contributed by atoms with Gasteiger partial charge in [0, 0.05) is 62.2 Å². The normalized spacial score (nSPS) is 44.1. The number of hydrogen-bond acceptors (Lipinski definition) is 8. The molecule has 6 aliphatic rings. The van der Waals surface area contributed by atoms with Gasteiger partial charge in [0.1, 0.15) is 12.3 Å². The van der Waals surface area contributed by atoms with E-state index in [0.717, 1.165) is 45.4 Å². The molecule has 4 N–H and O–H groups in total. The van der Waals surface area contributed by atoms with Crippen molar-refractivity contribution in [2.24, 2.45) is 17.8 Å². The van der Waals surface area contributed by atoms with Crippen molar-refractivity contribution in [1.82, 2.24) is 36.0 Å². The number of carbonyl (C=O) groups excluding carboxylic acids is 1. The Labute approximate surface area is 262 Å². The minimum absolute atomic E-state index is 0.0188. The lowest BCUT2D eigenvalue weighted by Gasteiger charge is -2.60. The van der Waals surface area contributed by atoms with Crippen molar-refractivity contribution in [2.75, 3.05) is 52.7 Å². The number of piperidine rings is 2. The van der Waals surface area contributed by atoms with Crippen molar-refractivity contribution in [3.05, 3.63) is 12.7 Å². The van der Waals surface area contributed by atoms with E-state index in [9.17, 15) is 4.79 Å². The number of urea groups is 1. The van der Waals surface area contributed by atoms with E-state index in [4.69, 9.17) is 9.47 Å². The summed E-state index contributed by atoms with van der Waals surface area (Å²) in [7, 11) is 0.